The van der Waals surface area contributed by atoms with Crippen LogP contribution in [0.3, 0.4) is 0 Å². The highest BCUT2D eigenvalue weighted by Crippen LogP contribution is 2.68. The van der Waals surface area contributed by atoms with Gasteiger partial charge in [-0.2, -0.15) is 0 Å². The van der Waals surface area contributed by atoms with E-state index in [4.69, 9.17) is 9.16 Å². The molecule has 4 aliphatic rings. The lowest BCUT2D eigenvalue weighted by molar-refractivity contribution is -0.178. The molecule has 3 fully saturated rings. The van der Waals surface area contributed by atoms with E-state index in [1.54, 1.807) is 0 Å². The number of hydrogen-bond acceptors (Lipinski definition) is 4. The van der Waals surface area contributed by atoms with Gasteiger partial charge in [-0.15, -0.1) is 0 Å². The fraction of sp³-hybridized carbons (Fsp3) is 0.840. The van der Waals surface area contributed by atoms with Crippen LogP contribution in [0, 0.1) is 28.6 Å². The maximum Gasteiger partial charge on any atom is 0.303 e. The van der Waals surface area contributed by atoms with Crippen molar-refractivity contribution < 1.29 is 18.8 Å². The van der Waals surface area contributed by atoms with Crippen LogP contribution < -0.4 is 0 Å². The first kappa shape index (κ1) is 22.3. The number of esters is 1. The van der Waals surface area contributed by atoms with E-state index in [0.29, 0.717) is 17.8 Å². The van der Waals surface area contributed by atoms with Crippen molar-refractivity contribution >= 4 is 20.6 Å². The van der Waals surface area contributed by atoms with Gasteiger partial charge in [0.05, 0.1) is 11.5 Å². The van der Waals surface area contributed by atoms with E-state index in [1.807, 2.05) is 0 Å². The van der Waals surface area contributed by atoms with Gasteiger partial charge in [0, 0.05) is 12.3 Å². The van der Waals surface area contributed by atoms with Gasteiger partial charge in [-0.1, -0.05) is 18.6 Å². The summed E-state index contributed by atoms with van der Waals surface area (Å²) in [5.41, 5.74) is 0.715. The van der Waals surface area contributed by atoms with E-state index in [2.05, 4.69) is 39.6 Å². The predicted octanol–water partition coefficient (Wildman–Crippen LogP) is 5.67. The maximum atomic E-state index is 12.7. The Labute approximate surface area is 183 Å². The van der Waals surface area contributed by atoms with Crippen molar-refractivity contribution in [3.8, 4) is 0 Å². The molecule has 0 aromatic carbocycles. The molecule has 0 amide bonds. The number of hydrogen-bond donors (Lipinski definition) is 0. The molecule has 0 aliphatic heterocycles. The Hall–Kier alpha value is -0.943. The lowest BCUT2D eigenvalue weighted by atomic mass is 9.46. The first-order valence-corrected chi connectivity index (χ1v) is 15.4. The third-order valence-corrected chi connectivity index (χ3v) is 10.3. The molecule has 168 valence electrons. The van der Waals surface area contributed by atoms with Crippen molar-refractivity contribution in [3.63, 3.8) is 0 Å². The van der Waals surface area contributed by atoms with E-state index >= 15 is 0 Å². The zero-order valence-corrected chi connectivity index (χ0v) is 20.8. The smallest absolute Gasteiger partial charge is 0.303 e. The highest BCUT2D eigenvalue weighted by atomic mass is 28.4. The number of rotatable bonds is 4. The minimum Gasteiger partial charge on any atom is -0.459 e. The predicted molar refractivity (Wildman–Crippen MR) is 120 cm³/mol. The Balaban J connectivity index is 1.62. The van der Waals surface area contributed by atoms with Crippen LogP contribution in [0.25, 0.3) is 0 Å². The molecule has 0 heterocycles. The Bertz CT molecular complexity index is 755. The summed E-state index contributed by atoms with van der Waals surface area (Å²) >= 11 is 0. The van der Waals surface area contributed by atoms with E-state index < -0.39 is 8.32 Å². The summed E-state index contributed by atoms with van der Waals surface area (Å²) in [7, 11) is -1.60. The van der Waals surface area contributed by atoms with Crippen LogP contribution in [0.2, 0.25) is 19.6 Å². The second kappa shape index (κ2) is 7.30. The highest BCUT2D eigenvalue weighted by Gasteiger charge is 2.65. The van der Waals surface area contributed by atoms with E-state index in [-0.39, 0.29) is 28.5 Å². The number of ether oxygens (including phenoxy) is 1. The molecular formula is C25H40O4Si. The van der Waals surface area contributed by atoms with Gasteiger partial charge >= 0.3 is 5.97 Å². The number of aldehydes is 1. The molecule has 5 heteroatoms. The van der Waals surface area contributed by atoms with E-state index in [9.17, 15) is 9.59 Å². The number of fused-ring (bicyclic) bond motifs is 5. The number of allylic oxidation sites excluding steroid dienone is 1. The summed E-state index contributed by atoms with van der Waals surface area (Å²) in [5.74, 6) is 1.36. The molecule has 0 radical (unpaired) electrons. The summed E-state index contributed by atoms with van der Waals surface area (Å²) in [6, 6.07) is 0. The second-order valence-corrected chi connectivity index (χ2v) is 16.4. The first-order valence-electron chi connectivity index (χ1n) is 12.0. The van der Waals surface area contributed by atoms with E-state index in [1.165, 1.54) is 18.8 Å². The quantitative estimate of drug-likeness (QED) is 0.248. The van der Waals surface area contributed by atoms with Crippen LogP contribution in [0.4, 0.5) is 0 Å². The van der Waals surface area contributed by atoms with Crippen molar-refractivity contribution in [1.82, 2.24) is 0 Å². The van der Waals surface area contributed by atoms with Crippen molar-refractivity contribution in [1.29, 1.82) is 0 Å². The minimum absolute atomic E-state index is 0.0171. The molecule has 3 saturated carbocycles. The Morgan fingerprint density at radius 1 is 1.07 bits per heavy atom. The molecule has 4 rings (SSSR count). The summed E-state index contributed by atoms with van der Waals surface area (Å²) in [4.78, 5) is 24.5. The molecule has 30 heavy (non-hydrogen) atoms. The highest BCUT2D eigenvalue weighted by molar-refractivity contribution is 6.69. The van der Waals surface area contributed by atoms with Gasteiger partial charge in [0.1, 0.15) is 11.9 Å². The Morgan fingerprint density at radius 3 is 2.40 bits per heavy atom. The molecule has 0 bridgehead atoms. The summed E-state index contributed by atoms with van der Waals surface area (Å²) in [6.45, 7) is 12.8. The van der Waals surface area contributed by atoms with Crippen LogP contribution in [-0.4, -0.2) is 32.3 Å². The fourth-order valence-electron chi connectivity index (χ4n) is 7.88. The Morgan fingerprint density at radius 2 is 1.77 bits per heavy atom. The second-order valence-electron chi connectivity index (χ2n) is 11.9. The standard InChI is InChI=1S/C25H40O4Si/c1-17(27)28-24(3)13-11-21-20-8-7-18-15-19(29-30(4,5)6)9-14-25(18,16-26)22(20)10-12-23(21,24)2/h15-16,19-22H,7-14H2,1-6H3/t19?,20-,21-,22+,23-,24?,25+/m0/s1. The fourth-order valence-corrected chi connectivity index (χ4v) is 8.97. The van der Waals surface area contributed by atoms with Crippen LogP contribution >= 0.6 is 0 Å². The largest absolute Gasteiger partial charge is 0.459 e. The van der Waals surface area contributed by atoms with Crippen molar-refractivity contribution in [2.45, 2.75) is 103 Å². The third kappa shape index (κ3) is 3.35. The lowest BCUT2D eigenvalue weighted by Crippen LogP contribution is -2.56. The SMILES string of the molecule is CC(=O)OC1(C)CC[C@H]2[C@@H]3CCC4=CC(O[Si](C)(C)C)CC[C@]4(C=O)[C@@H]3CC[C@@]21C. The zero-order valence-electron chi connectivity index (χ0n) is 19.8. The zero-order chi connectivity index (χ0) is 21.9. The van der Waals surface area contributed by atoms with Crippen molar-refractivity contribution in [2.24, 2.45) is 28.6 Å². The molecule has 0 spiro atoms. The minimum atomic E-state index is -1.60. The monoisotopic (exact) mass is 432 g/mol. The van der Waals surface area contributed by atoms with Gasteiger partial charge < -0.3 is 14.0 Å². The van der Waals surface area contributed by atoms with Crippen molar-refractivity contribution in [3.05, 3.63) is 11.6 Å². The van der Waals surface area contributed by atoms with Gasteiger partial charge in [0.2, 0.25) is 0 Å². The lowest BCUT2D eigenvalue weighted by Gasteiger charge is -2.58. The van der Waals surface area contributed by atoms with Gasteiger partial charge in [-0.3, -0.25) is 4.79 Å². The Kier molecular flexibility index (Phi) is 5.41. The summed E-state index contributed by atoms with van der Waals surface area (Å²) in [6.07, 6.45) is 12.0. The van der Waals surface area contributed by atoms with Gasteiger partial charge in [-0.05, 0) is 95.7 Å². The average molecular weight is 433 g/mol. The molecule has 2 unspecified atom stereocenters. The van der Waals surface area contributed by atoms with Gasteiger partial charge in [-0.25, -0.2) is 0 Å². The molecular weight excluding hydrogens is 392 g/mol. The normalized spacial score (nSPS) is 45.6. The molecule has 4 nitrogen and oxygen atoms in total. The van der Waals surface area contributed by atoms with Crippen molar-refractivity contribution in [2.75, 3.05) is 0 Å². The van der Waals surface area contributed by atoms with E-state index in [0.717, 1.165) is 51.4 Å². The third-order valence-electron chi connectivity index (χ3n) is 9.29. The maximum absolute atomic E-state index is 12.7. The molecule has 7 atom stereocenters. The molecule has 0 N–H and O–H groups in total. The molecule has 4 aliphatic carbocycles. The van der Waals surface area contributed by atoms with Crippen LogP contribution in [-0.2, 0) is 18.8 Å². The number of carbonyl (C=O) groups excluding carboxylic acids is 2. The van der Waals surface area contributed by atoms with Gasteiger partial charge in [0.25, 0.3) is 0 Å². The summed E-state index contributed by atoms with van der Waals surface area (Å²) in [5, 5.41) is 0. The average Bonchev–Trinajstić information content (AvgIpc) is 2.90. The van der Waals surface area contributed by atoms with Crippen LogP contribution in [0.1, 0.15) is 72.1 Å². The topological polar surface area (TPSA) is 52.6 Å². The first-order chi connectivity index (χ1) is 13.9. The number of carbonyl (C=O) groups is 2. The molecule has 0 saturated heterocycles. The summed E-state index contributed by atoms with van der Waals surface area (Å²) < 4.78 is 12.3. The molecule has 0 aromatic heterocycles. The van der Waals surface area contributed by atoms with Gasteiger partial charge in [0.15, 0.2) is 8.32 Å². The van der Waals surface area contributed by atoms with Crippen LogP contribution in [0.15, 0.2) is 11.6 Å². The molecule has 0 aromatic rings. The van der Waals surface area contributed by atoms with Crippen LogP contribution in [0.5, 0.6) is 0 Å².